The van der Waals surface area contributed by atoms with Crippen LogP contribution in [-0.4, -0.2) is 44.2 Å². The number of aromatic nitrogens is 4. The van der Waals surface area contributed by atoms with Crippen LogP contribution >= 0.6 is 15.8 Å². The molecule has 4 nitrogen and oxygen atoms in total. The minimum Gasteiger partial charge on any atom is -0.582 e. The van der Waals surface area contributed by atoms with Crippen molar-refractivity contribution in [3.63, 3.8) is 0 Å². The monoisotopic (exact) mass is 868 g/mol. The van der Waals surface area contributed by atoms with Gasteiger partial charge in [-0.3, -0.25) is 0 Å². The summed E-state index contributed by atoms with van der Waals surface area (Å²) >= 11 is 0. The van der Waals surface area contributed by atoms with Crippen molar-refractivity contribution in [1.82, 2.24) is 20.4 Å². The molecule has 0 aliphatic heterocycles. The normalized spacial score (nSPS) is 9.88. The van der Waals surface area contributed by atoms with Gasteiger partial charge in [0.25, 0.3) is 0 Å². The topological polar surface area (TPSA) is 54.0 Å². The minimum absolute atomic E-state index is 0. The number of rotatable bonds is 6. The average Bonchev–Trinajstić information content (AvgIpc) is 3.41. The molecule has 206 valence electrons. The van der Waals surface area contributed by atoms with E-state index in [1.807, 2.05) is 0 Å². The van der Waals surface area contributed by atoms with Gasteiger partial charge in [-0.15, -0.1) is 13.2 Å². The smallest absolute Gasteiger partial charge is 0.00194 e. The molecular formula is C26H52Ir2N4P2-2. The van der Waals surface area contributed by atoms with Crippen LogP contribution in [-0.2, 0) is 40.2 Å². The first kappa shape index (κ1) is 44.3. The molecule has 2 rings (SSSR count). The van der Waals surface area contributed by atoms with Gasteiger partial charge in [0.2, 0.25) is 0 Å². The fraction of sp³-hybridized carbons (Fsp3) is 0.692. The van der Waals surface area contributed by atoms with Crippen LogP contribution in [0.3, 0.4) is 0 Å². The Morgan fingerprint density at radius 1 is 0.500 bits per heavy atom. The molecule has 0 atom stereocenters. The van der Waals surface area contributed by atoms with Gasteiger partial charge in [0, 0.05) is 52.6 Å². The molecule has 0 spiro atoms. The van der Waals surface area contributed by atoms with Gasteiger partial charge in [0.15, 0.2) is 0 Å². The number of nitrogens with zero attached hydrogens (tertiary/aromatic N) is 4. The minimum atomic E-state index is 0. The maximum Gasteiger partial charge on any atom is 0.00194 e. The van der Waals surface area contributed by atoms with E-state index in [-0.39, 0.29) is 56.1 Å². The second-order valence-electron chi connectivity index (χ2n) is 8.90. The molecule has 0 saturated carbocycles. The van der Waals surface area contributed by atoms with Crippen LogP contribution in [0.5, 0.6) is 0 Å². The average molecular weight is 867 g/mol. The standard InChI is InChI=1S/2C9H21P.2C3H3N2.C2H4.2Ir/c2*1-7(2)10(8(3)4)9(5)6;2*1-2-4-5-3-1;1-2;;/h2*7-9H,1-6H3;2*1-3H;1-2H2;;/q;;2*-1;;;. The van der Waals surface area contributed by atoms with E-state index in [1.165, 1.54) is 0 Å². The Kier molecular flexibility index (Phi) is 38.5. The van der Waals surface area contributed by atoms with E-state index in [1.54, 1.807) is 36.9 Å². The largest absolute Gasteiger partial charge is 0.582 e. The van der Waals surface area contributed by atoms with E-state index in [2.05, 4.69) is 117 Å². The summed E-state index contributed by atoms with van der Waals surface area (Å²) < 4.78 is 0. The molecule has 2 heterocycles. The summed E-state index contributed by atoms with van der Waals surface area (Å²) in [7, 11) is 0.525. The number of hydrogen-bond donors (Lipinski definition) is 0. The molecule has 0 N–H and O–H groups in total. The molecule has 2 radical (unpaired) electrons. The van der Waals surface area contributed by atoms with Crippen LogP contribution in [0.4, 0.5) is 0 Å². The first-order valence-electron chi connectivity index (χ1n) is 11.7. The van der Waals surface area contributed by atoms with Gasteiger partial charge in [-0.25, -0.2) is 0 Å². The third kappa shape index (κ3) is 26.9. The molecule has 0 saturated heterocycles. The molecule has 34 heavy (non-hydrogen) atoms. The predicted molar refractivity (Wildman–Crippen MR) is 151 cm³/mol. The summed E-state index contributed by atoms with van der Waals surface area (Å²) in [6, 6.07) is 3.56. The van der Waals surface area contributed by atoms with E-state index in [4.69, 9.17) is 0 Å². The van der Waals surface area contributed by atoms with Gasteiger partial charge in [-0.2, -0.15) is 12.4 Å². The molecule has 2 aromatic rings. The summed E-state index contributed by atoms with van der Waals surface area (Å²) in [5.41, 5.74) is 5.39. The fourth-order valence-corrected chi connectivity index (χ4v) is 11.1. The molecule has 0 aliphatic rings. The van der Waals surface area contributed by atoms with Gasteiger partial charge in [0.1, 0.15) is 0 Å². The zero-order valence-electron chi connectivity index (χ0n) is 23.7. The summed E-state index contributed by atoms with van der Waals surface area (Å²) in [5.74, 6) is 0. The van der Waals surface area contributed by atoms with Crippen LogP contribution in [0, 0.1) is 0 Å². The molecule has 0 amide bonds. The maximum atomic E-state index is 3.47. The Labute approximate surface area is 242 Å². The first-order chi connectivity index (χ1) is 14.9. The van der Waals surface area contributed by atoms with E-state index in [9.17, 15) is 0 Å². The molecule has 0 aliphatic carbocycles. The maximum absolute atomic E-state index is 3.47. The van der Waals surface area contributed by atoms with E-state index in [0.29, 0.717) is 0 Å². The molecule has 2 aromatic heterocycles. The van der Waals surface area contributed by atoms with Crippen LogP contribution in [0.25, 0.3) is 0 Å². The molecule has 0 aromatic carbocycles. The molecule has 0 unspecified atom stereocenters. The number of hydrogen-bond acceptors (Lipinski definition) is 2. The zero-order valence-corrected chi connectivity index (χ0v) is 30.3. The van der Waals surface area contributed by atoms with Gasteiger partial charge in [0.05, 0.1) is 0 Å². The molecule has 0 fully saturated rings. The first-order valence-corrected chi connectivity index (χ1v) is 14.8. The Bertz CT molecular complexity index is 439. The second kappa shape index (κ2) is 29.5. The van der Waals surface area contributed by atoms with Crippen molar-refractivity contribution in [1.29, 1.82) is 0 Å². The van der Waals surface area contributed by atoms with E-state index < -0.39 is 0 Å². The van der Waals surface area contributed by atoms with E-state index >= 15 is 0 Å². The van der Waals surface area contributed by atoms with E-state index in [0.717, 1.165) is 34.0 Å². The zero-order chi connectivity index (χ0) is 25.7. The predicted octanol–water partition coefficient (Wildman–Crippen LogP) is 8.26. The van der Waals surface area contributed by atoms with Crippen molar-refractivity contribution in [3.8, 4) is 0 Å². The summed E-state index contributed by atoms with van der Waals surface area (Å²) in [6.45, 7) is 34.2. The van der Waals surface area contributed by atoms with Gasteiger partial charge in [-0.05, 0) is 34.0 Å². The van der Waals surface area contributed by atoms with Crippen molar-refractivity contribution >= 4 is 15.8 Å². The van der Waals surface area contributed by atoms with Crippen LogP contribution in [0.1, 0.15) is 83.1 Å². The van der Waals surface area contributed by atoms with Gasteiger partial charge < -0.3 is 20.4 Å². The van der Waals surface area contributed by atoms with Crippen molar-refractivity contribution in [3.05, 3.63) is 50.1 Å². The molecular weight excluding hydrogens is 815 g/mol. The summed E-state index contributed by atoms with van der Waals surface area (Å²) in [6.07, 6.45) is 6.56. The Morgan fingerprint density at radius 3 is 0.735 bits per heavy atom. The molecule has 8 heteroatoms. The quantitative estimate of drug-likeness (QED) is 0.217. The third-order valence-corrected chi connectivity index (χ3v) is 11.5. The van der Waals surface area contributed by atoms with Crippen LogP contribution < -0.4 is 10.2 Å². The molecule has 0 bridgehead atoms. The van der Waals surface area contributed by atoms with Crippen molar-refractivity contribution in [2.45, 2.75) is 117 Å². The second-order valence-corrected chi connectivity index (χ2v) is 16.9. The van der Waals surface area contributed by atoms with Crippen molar-refractivity contribution in [2.24, 2.45) is 0 Å². The summed E-state index contributed by atoms with van der Waals surface area (Å²) in [4.78, 5) is 0. The third-order valence-electron chi connectivity index (χ3n) is 4.32. The fourth-order valence-electron chi connectivity index (χ4n) is 3.96. The van der Waals surface area contributed by atoms with Crippen LogP contribution in [0.2, 0.25) is 0 Å². The van der Waals surface area contributed by atoms with Gasteiger partial charge in [-0.1, -0.05) is 111 Å². The Morgan fingerprint density at radius 2 is 0.706 bits per heavy atom. The Balaban J connectivity index is -0.000000109. The summed E-state index contributed by atoms with van der Waals surface area (Å²) in [5, 5.41) is 13.9. The Hall–Kier alpha value is 0.319. The van der Waals surface area contributed by atoms with Crippen molar-refractivity contribution < 1.29 is 40.2 Å². The van der Waals surface area contributed by atoms with Crippen molar-refractivity contribution in [2.75, 3.05) is 0 Å². The SMILES string of the molecule is C=C.CC(C)P(C(C)C)C(C)C.CC(C)P(C(C)C)C(C)C.[Ir].[Ir].c1cn[n-]c1.c1cn[n-]c1. The van der Waals surface area contributed by atoms with Crippen LogP contribution in [0.15, 0.2) is 50.1 Å². The van der Waals surface area contributed by atoms with Gasteiger partial charge >= 0.3 is 0 Å².